The van der Waals surface area contributed by atoms with Crippen molar-refractivity contribution >= 4 is 10.0 Å². The Kier molecular flexibility index (Phi) is 5.19. The van der Waals surface area contributed by atoms with Crippen molar-refractivity contribution in [3.8, 4) is 17.2 Å². The van der Waals surface area contributed by atoms with Crippen LogP contribution in [0.15, 0.2) is 56.6 Å². The molecular formula is C19H21N3O5S. The molecule has 0 aliphatic carbocycles. The van der Waals surface area contributed by atoms with E-state index in [1.54, 1.807) is 42.9 Å². The molecule has 1 saturated heterocycles. The molecule has 3 aromatic rings. The fourth-order valence-electron chi connectivity index (χ4n) is 3.32. The SMILES string of the molecule is CCOc1ccccc1S(=O)(=O)N1CCC(c2nnc(-c3ccoc3)o2)CC1. The molecule has 148 valence electrons. The van der Waals surface area contributed by atoms with E-state index in [4.69, 9.17) is 13.6 Å². The lowest BCUT2D eigenvalue weighted by Crippen LogP contribution is -2.38. The van der Waals surface area contributed by atoms with Gasteiger partial charge in [-0.3, -0.25) is 0 Å². The minimum Gasteiger partial charge on any atom is -0.492 e. The van der Waals surface area contributed by atoms with E-state index in [0.29, 0.717) is 50.1 Å². The predicted octanol–water partition coefficient (Wildman–Crippen LogP) is 3.30. The fraction of sp³-hybridized carbons (Fsp3) is 0.368. The van der Waals surface area contributed by atoms with Gasteiger partial charge in [0.05, 0.1) is 18.4 Å². The third-order valence-electron chi connectivity index (χ3n) is 4.78. The monoisotopic (exact) mass is 403 g/mol. The highest BCUT2D eigenvalue weighted by Gasteiger charge is 2.33. The molecule has 0 saturated carbocycles. The fourth-order valence-corrected chi connectivity index (χ4v) is 4.92. The first-order chi connectivity index (χ1) is 13.6. The van der Waals surface area contributed by atoms with Crippen LogP contribution in [-0.2, 0) is 10.0 Å². The summed E-state index contributed by atoms with van der Waals surface area (Å²) < 4.78 is 43.9. The topological polar surface area (TPSA) is 98.7 Å². The zero-order chi connectivity index (χ0) is 19.6. The van der Waals surface area contributed by atoms with E-state index in [0.717, 1.165) is 5.56 Å². The summed E-state index contributed by atoms with van der Waals surface area (Å²) >= 11 is 0. The molecule has 1 aliphatic heterocycles. The van der Waals surface area contributed by atoms with Crippen LogP contribution in [-0.4, -0.2) is 42.6 Å². The number of hydrogen-bond donors (Lipinski definition) is 0. The molecule has 1 fully saturated rings. The van der Waals surface area contributed by atoms with Gasteiger partial charge in [-0.15, -0.1) is 10.2 Å². The maximum Gasteiger partial charge on any atom is 0.250 e. The van der Waals surface area contributed by atoms with E-state index in [2.05, 4.69) is 10.2 Å². The first kappa shape index (κ1) is 18.7. The molecule has 9 heteroatoms. The number of furan rings is 1. The van der Waals surface area contributed by atoms with Crippen LogP contribution >= 0.6 is 0 Å². The van der Waals surface area contributed by atoms with Gasteiger partial charge in [0.2, 0.25) is 15.9 Å². The van der Waals surface area contributed by atoms with Crippen LogP contribution < -0.4 is 4.74 Å². The van der Waals surface area contributed by atoms with Crippen LogP contribution in [0.1, 0.15) is 31.6 Å². The molecule has 1 aromatic carbocycles. The van der Waals surface area contributed by atoms with Gasteiger partial charge in [0.1, 0.15) is 16.9 Å². The molecule has 0 radical (unpaired) electrons. The standard InChI is InChI=1S/C19H21N3O5S/c1-2-26-16-5-3-4-6-17(16)28(23,24)22-10-7-14(8-11-22)18-20-21-19(27-18)15-9-12-25-13-15/h3-6,9,12-14H,2,7-8,10-11H2,1H3. The molecule has 0 atom stereocenters. The van der Waals surface area contributed by atoms with Crippen molar-refractivity contribution in [3.05, 3.63) is 48.7 Å². The Hall–Kier alpha value is -2.65. The van der Waals surface area contributed by atoms with Gasteiger partial charge in [-0.1, -0.05) is 12.1 Å². The second kappa shape index (κ2) is 7.76. The summed E-state index contributed by atoms with van der Waals surface area (Å²) in [7, 11) is -3.62. The Balaban J connectivity index is 1.47. The van der Waals surface area contributed by atoms with Crippen molar-refractivity contribution in [2.24, 2.45) is 0 Å². The molecular weight excluding hydrogens is 382 g/mol. The lowest BCUT2D eigenvalue weighted by Gasteiger charge is -2.30. The van der Waals surface area contributed by atoms with Crippen LogP contribution in [0.3, 0.4) is 0 Å². The number of para-hydroxylation sites is 1. The van der Waals surface area contributed by atoms with E-state index < -0.39 is 10.0 Å². The summed E-state index contributed by atoms with van der Waals surface area (Å²) in [6, 6.07) is 8.49. The maximum absolute atomic E-state index is 13.1. The van der Waals surface area contributed by atoms with Gasteiger partial charge in [-0.2, -0.15) is 4.31 Å². The molecule has 0 N–H and O–H groups in total. The Bertz CT molecular complexity index is 1020. The van der Waals surface area contributed by atoms with Crippen molar-refractivity contribution in [3.63, 3.8) is 0 Å². The zero-order valence-electron chi connectivity index (χ0n) is 15.4. The molecule has 28 heavy (non-hydrogen) atoms. The van der Waals surface area contributed by atoms with E-state index in [-0.39, 0.29) is 10.8 Å². The van der Waals surface area contributed by atoms with Gasteiger partial charge < -0.3 is 13.6 Å². The molecule has 3 heterocycles. The highest BCUT2D eigenvalue weighted by atomic mass is 32.2. The number of nitrogens with zero attached hydrogens (tertiary/aromatic N) is 3. The quantitative estimate of drug-likeness (QED) is 0.623. The number of piperidine rings is 1. The minimum atomic E-state index is -3.62. The average molecular weight is 403 g/mol. The molecule has 0 unspecified atom stereocenters. The molecule has 0 spiro atoms. The third kappa shape index (κ3) is 3.55. The minimum absolute atomic E-state index is 0.0294. The van der Waals surface area contributed by atoms with Crippen LogP contribution in [0.25, 0.3) is 11.5 Å². The van der Waals surface area contributed by atoms with Gasteiger partial charge in [0.25, 0.3) is 5.89 Å². The second-order valence-corrected chi connectivity index (χ2v) is 8.42. The molecule has 2 aromatic heterocycles. The summed E-state index contributed by atoms with van der Waals surface area (Å²) in [6.07, 6.45) is 4.32. The molecule has 0 bridgehead atoms. The summed E-state index contributed by atoms with van der Waals surface area (Å²) in [6.45, 7) is 3.01. The van der Waals surface area contributed by atoms with Crippen molar-refractivity contribution in [2.45, 2.75) is 30.6 Å². The number of benzene rings is 1. The van der Waals surface area contributed by atoms with Gasteiger partial charge >= 0.3 is 0 Å². The number of rotatable bonds is 6. The van der Waals surface area contributed by atoms with Crippen molar-refractivity contribution in [2.75, 3.05) is 19.7 Å². The van der Waals surface area contributed by atoms with Gasteiger partial charge in [0.15, 0.2) is 0 Å². The van der Waals surface area contributed by atoms with Crippen LogP contribution in [0.5, 0.6) is 5.75 Å². The summed E-state index contributed by atoms with van der Waals surface area (Å²) in [4.78, 5) is 0.204. The first-order valence-electron chi connectivity index (χ1n) is 9.17. The van der Waals surface area contributed by atoms with E-state index in [1.165, 1.54) is 4.31 Å². The molecule has 8 nitrogen and oxygen atoms in total. The van der Waals surface area contributed by atoms with Crippen LogP contribution in [0, 0.1) is 0 Å². The van der Waals surface area contributed by atoms with Gasteiger partial charge in [-0.25, -0.2) is 8.42 Å². The van der Waals surface area contributed by atoms with Crippen molar-refractivity contribution in [1.82, 2.24) is 14.5 Å². The summed E-state index contributed by atoms with van der Waals surface area (Å²) in [5, 5.41) is 8.19. The normalized spacial score (nSPS) is 16.3. The second-order valence-electron chi connectivity index (χ2n) is 6.52. The molecule has 0 amide bonds. The number of sulfonamides is 1. The highest BCUT2D eigenvalue weighted by molar-refractivity contribution is 7.89. The summed E-state index contributed by atoms with van der Waals surface area (Å²) in [5.74, 6) is 1.35. The average Bonchev–Trinajstić information content (AvgIpc) is 3.40. The van der Waals surface area contributed by atoms with Gasteiger partial charge in [0, 0.05) is 19.0 Å². The number of aromatic nitrogens is 2. The maximum atomic E-state index is 13.1. The number of hydrogen-bond acceptors (Lipinski definition) is 7. The molecule has 1 aliphatic rings. The van der Waals surface area contributed by atoms with Crippen LogP contribution in [0.4, 0.5) is 0 Å². The van der Waals surface area contributed by atoms with E-state index in [9.17, 15) is 8.42 Å². The Morgan fingerprint density at radius 1 is 1.18 bits per heavy atom. The largest absolute Gasteiger partial charge is 0.492 e. The zero-order valence-corrected chi connectivity index (χ0v) is 16.3. The highest BCUT2D eigenvalue weighted by Crippen LogP contribution is 2.33. The van der Waals surface area contributed by atoms with E-state index in [1.807, 2.05) is 6.92 Å². The van der Waals surface area contributed by atoms with Crippen molar-refractivity contribution < 1.29 is 22.0 Å². The Morgan fingerprint density at radius 2 is 1.96 bits per heavy atom. The van der Waals surface area contributed by atoms with E-state index >= 15 is 0 Å². The van der Waals surface area contributed by atoms with Crippen molar-refractivity contribution in [1.29, 1.82) is 0 Å². The van der Waals surface area contributed by atoms with Crippen LogP contribution in [0.2, 0.25) is 0 Å². The third-order valence-corrected chi connectivity index (χ3v) is 6.72. The first-order valence-corrected chi connectivity index (χ1v) is 10.6. The lowest BCUT2D eigenvalue weighted by atomic mass is 9.98. The predicted molar refractivity (Wildman–Crippen MR) is 100 cm³/mol. The Labute approximate surface area is 163 Å². The van der Waals surface area contributed by atoms with Gasteiger partial charge in [-0.05, 0) is 38.0 Å². The smallest absolute Gasteiger partial charge is 0.250 e. The summed E-state index contributed by atoms with van der Waals surface area (Å²) in [5.41, 5.74) is 0.728. The lowest BCUT2D eigenvalue weighted by molar-refractivity contribution is 0.288. The Morgan fingerprint density at radius 3 is 2.68 bits per heavy atom. The number of ether oxygens (including phenoxy) is 1. The molecule has 4 rings (SSSR count).